The predicted molar refractivity (Wildman–Crippen MR) is 111 cm³/mol. The van der Waals surface area contributed by atoms with E-state index in [0.717, 1.165) is 17.7 Å². The molecule has 0 atom stereocenters. The highest BCUT2D eigenvalue weighted by Gasteiger charge is 2.33. The lowest BCUT2D eigenvalue weighted by atomic mass is 10.1. The molecular formula is C21H13F2NO2S2. The minimum absolute atomic E-state index is 0.147. The Morgan fingerprint density at radius 1 is 1.11 bits per heavy atom. The van der Waals surface area contributed by atoms with Crippen molar-refractivity contribution in [1.29, 1.82) is 0 Å². The molecule has 1 amide bonds. The highest BCUT2D eigenvalue weighted by Crippen LogP contribution is 2.37. The molecule has 2 aromatic carbocycles. The molecule has 0 spiro atoms. The van der Waals surface area contributed by atoms with Crippen LogP contribution in [0.2, 0.25) is 0 Å². The summed E-state index contributed by atoms with van der Waals surface area (Å²) in [7, 11) is 0. The number of benzene rings is 2. The van der Waals surface area contributed by atoms with E-state index in [1.807, 2.05) is 31.2 Å². The normalized spacial score (nSPS) is 15.7. The number of carbonyl (C=O) groups excluding carboxylic acids is 1. The Morgan fingerprint density at radius 3 is 2.68 bits per heavy atom. The van der Waals surface area contributed by atoms with Crippen molar-refractivity contribution in [3.05, 3.63) is 82.5 Å². The van der Waals surface area contributed by atoms with Crippen molar-refractivity contribution >= 4 is 46.0 Å². The van der Waals surface area contributed by atoms with Crippen LogP contribution in [0.3, 0.4) is 0 Å². The van der Waals surface area contributed by atoms with Crippen LogP contribution in [0.15, 0.2) is 63.9 Å². The molecule has 1 aliphatic rings. The van der Waals surface area contributed by atoms with E-state index < -0.39 is 11.6 Å². The first-order chi connectivity index (χ1) is 13.4. The van der Waals surface area contributed by atoms with E-state index in [0.29, 0.717) is 20.7 Å². The number of thioether (sulfide) groups is 1. The molecule has 28 heavy (non-hydrogen) atoms. The summed E-state index contributed by atoms with van der Waals surface area (Å²) in [4.78, 5) is 14.7. The van der Waals surface area contributed by atoms with Gasteiger partial charge in [-0.25, -0.2) is 8.78 Å². The molecule has 0 N–H and O–H groups in total. The van der Waals surface area contributed by atoms with Crippen molar-refractivity contribution in [3.63, 3.8) is 0 Å². The van der Waals surface area contributed by atoms with Gasteiger partial charge in [-0.3, -0.25) is 9.69 Å². The van der Waals surface area contributed by atoms with Gasteiger partial charge in [0, 0.05) is 12.1 Å². The number of furan rings is 1. The maximum absolute atomic E-state index is 13.9. The molecule has 0 aliphatic carbocycles. The second kappa shape index (κ2) is 7.33. The summed E-state index contributed by atoms with van der Waals surface area (Å²) in [5.74, 6) is -0.993. The third kappa shape index (κ3) is 3.50. The Labute approximate surface area is 169 Å². The third-order valence-corrected chi connectivity index (χ3v) is 5.45. The van der Waals surface area contributed by atoms with Gasteiger partial charge in [0.1, 0.15) is 23.2 Å². The number of carbonyl (C=O) groups is 1. The van der Waals surface area contributed by atoms with Gasteiger partial charge in [-0.05, 0) is 48.9 Å². The third-order valence-electron chi connectivity index (χ3n) is 4.15. The topological polar surface area (TPSA) is 33.5 Å². The van der Waals surface area contributed by atoms with Crippen LogP contribution in [0.1, 0.15) is 11.3 Å². The van der Waals surface area contributed by atoms with E-state index in [9.17, 15) is 13.6 Å². The van der Waals surface area contributed by atoms with Gasteiger partial charge in [0.15, 0.2) is 4.32 Å². The van der Waals surface area contributed by atoms with Gasteiger partial charge in [0.25, 0.3) is 5.91 Å². The molecule has 0 unspecified atom stereocenters. The van der Waals surface area contributed by atoms with Crippen molar-refractivity contribution in [1.82, 2.24) is 0 Å². The second-order valence-corrected chi connectivity index (χ2v) is 7.86. The van der Waals surface area contributed by atoms with Crippen LogP contribution < -0.4 is 4.90 Å². The summed E-state index contributed by atoms with van der Waals surface area (Å²) >= 11 is 6.53. The summed E-state index contributed by atoms with van der Waals surface area (Å²) < 4.78 is 33.1. The first kappa shape index (κ1) is 18.6. The van der Waals surface area contributed by atoms with Crippen LogP contribution in [0.25, 0.3) is 17.4 Å². The Bertz CT molecular complexity index is 1140. The fourth-order valence-electron chi connectivity index (χ4n) is 2.85. The lowest BCUT2D eigenvalue weighted by molar-refractivity contribution is -0.113. The standard InChI is InChI=1S/C21H13F2NO2S2/c1-12-3-2-4-14(9-12)24-20(25)19(28-21(24)27)11-15-6-8-18(26-15)16-7-5-13(22)10-17(16)23/h2-11H,1H3/b19-11-. The number of nitrogens with zero attached hydrogens (tertiary/aromatic N) is 1. The number of amides is 1. The van der Waals surface area contributed by atoms with Crippen molar-refractivity contribution < 1.29 is 18.0 Å². The van der Waals surface area contributed by atoms with E-state index >= 15 is 0 Å². The Hall–Kier alpha value is -2.77. The van der Waals surface area contributed by atoms with Crippen LogP contribution in [0.4, 0.5) is 14.5 Å². The predicted octanol–water partition coefficient (Wildman–Crippen LogP) is 5.94. The van der Waals surface area contributed by atoms with Gasteiger partial charge in [-0.15, -0.1) is 0 Å². The zero-order valence-electron chi connectivity index (χ0n) is 14.6. The number of rotatable bonds is 3. The summed E-state index contributed by atoms with van der Waals surface area (Å²) in [6, 6.07) is 14.0. The maximum Gasteiger partial charge on any atom is 0.270 e. The van der Waals surface area contributed by atoms with Crippen LogP contribution >= 0.6 is 24.0 Å². The molecule has 140 valence electrons. The summed E-state index contributed by atoms with van der Waals surface area (Å²) in [5.41, 5.74) is 1.88. The smallest absolute Gasteiger partial charge is 0.270 e. The second-order valence-electron chi connectivity index (χ2n) is 6.18. The molecule has 3 aromatic rings. The molecule has 2 heterocycles. The number of thiocarbonyl (C=S) groups is 1. The minimum atomic E-state index is -0.716. The van der Waals surface area contributed by atoms with Crippen molar-refractivity contribution in [2.45, 2.75) is 6.92 Å². The monoisotopic (exact) mass is 413 g/mol. The quantitative estimate of drug-likeness (QED) is 0.393. The van der Waals surface area contributed by atoms with Crippen LogP contribution in [-0.4, -0.2) is 10.2 Å². The summed E-state index contributed by atoms with van der Waals surface area (Å²) in [6.45, 7) is 1.94. The molecule has 1 aliphatic heterocycles. The zero-order chi connectivity index (χ0) is 19.8. The molecule has 4 rings (SSSR count). The molecule has 1 aromatic heterocycles. The van der Waals surface area contributed by atoms with Crippen molar-refractivity contribution in [2.75, 3.05) is 4.90 Å². The molecule has 0 radical (unpaired) electrons. The average Bonchev–Trinajstić information content (AvgIpc) is 3.20. The van der Waals surface area contributed by atoms with Crippen LogP contribution in [0, 0.1) is 18.6 Å². The number of halogens is 2. The van der Waals surface area contributed by atoms with Crippen molar-refractivity contribution in [2.24, 2.45) is 0 Å². The molecule has 1 fully saturated rings. The molecule has 3 nitrogen and oxygen atoms in total. The first-order valence-electron chi connectivity index (χ1n) is 8.32. The van der Waals surface area contributed by atoms with Gasteiger partial charge in [-0.2, -0.15) is 0 Å². The van der Waals surface area contributed by atoms with Crippen LogP contribution in [-0.2, 0) is 4.79 Å². The van der Waals surface area contributed by atoms with E-state index in [1.165, 1.54) is 22.7 Å². The van der Waals surface area contributed by atoms with E-state index in [1.54, 1.807) is 18.2 Å². The van der Waals surface area contributed by atoms with E-state index in [2.05, 4.69) is 0 Å². The summed E-state index contributed by atoms with van der Waals surface area (Å²) in [5, 5.41) is 0. The SMILES string of the molecule is Cc1cccc(N2C(=O)/C(=C/c3ccc(-c4ccc(F)cc4F)o3)SC2=S)c1. The number of hydrogen-bond acceptors (Lipinski definition) is 4. The maximum atomic E-state index is 13.9. The number of aryl methyl sites for hydroxylation is 1. The molecule has 0 bridgehead atoms. The first-order valence-corrected chi connectivity index (χ1v) is 9.55. The molecule has 7 heteroatoms. The fraction of sp³-hybridized carbons (Fsp3) is 0.0476. The highest BCUT2D eigenvalue weighted by molar-refractivity contribution is 8.27. The molecule has 0 saturated carbocycles. The van der Waals surface area contributed by atoms with Gasteiger partial charge in [-0.1, -0.05) is 36.1 Å². The highest BCUT2D eigenvalue weighted by atomic mass is 32.2. The van der Waals surface area contributed by atoms with Crippen LogP contribution in [0.5, 0.6) is 0 Å². The Morgan fingerprint density at radius 2 is 1.93 bits per heavy atom. The largest absolute Gasteiger partial charge is 0.457 e. The Balaban J connectivity index is 1.62. The van der Waals surface area contributed by atoms with Gasteiger partial charge < -0.3 is 4.42 Å². The van der Waals surface area contributed by atoms with E-state index in [4.69, 9.17) is 16.6 Å². The summed E-state index contributed by atoms with van der Waals surface area (Å²) in [6.07, 6.45) is 1.57. The number of anilines is 1. The lowest BCUT2D eigenvalue weighted by Crippen LogP contribution is -2.27. The minimum Gasteiger partial charge on any atom is -0.457 e. The fourth-order valence-corrected chi connectivity index (χ4v) is 4.13. The van der Waals surface area contributed by atoms with E-state index in [-0.39, 0.29) is 17.2 Å². The lowest BCUT2D eigenvalue weighted by Gasteiger charge is -2.14. The molecule has 1 saturated heterocycles. The van der Waals surface area contributed by atoms with Gasteiger partial charge in [0.05, 0.1) is 16.2 Å². The number of hydrogen-bond donors (Lipinski definition) is 0. The van der Waals surface area contributed by atoms with Crippen molar-refractivity contribution in [3.8, 4) is 11.3 Å². The molecular weight excluding hydrogens is 400 g/mol. The zero-order valence-corrected chi connectivity index (χ0v) is 16.2. The van der Waals surface area contributed by atoms with Gasteiger partial charge >= 0.3 is 0 Å². The van der Waals surface area contributed by atoms with Gasteiger partial charge in [0.2, 0.25) is 0 Å². The Kier molecular flexibility index (Phi) is 4.87. The average molecular weight is 413 g/mol.